The Morgan fingerprint density at radius 3 is 2.94 bits per heavy atom. The van der Waals surface area contributed by atoms with Gasteiger partial charge in [-0.25, -0.2) is 0 Å². The molecule has 0 spiro atoms. The molecule has 0 bridgehead atoms. The Kier molecular flexibility index (Phi) is 4.50. The van der Waals surface area contributed by atoms with E-state index >= 15 is 0 Å². The van der Waals surface area contributed by atoms with Crippen molar-refractivity contribution < 1.29 is 4.74 Å². The monoisotopic (exact) mass is 279 g/mol. The predicted molar refractivity (Wildman–Crippen MR) is 69.5 cm³/mol. The molecular weight excluding hydrogens is 265 g/mol. The van der Waals surface area contributed by atoms with Crippen molar-refractivity contribution in [2.45, 2.75) is 37.8 Å². The largest absolute Gasteiger partial charge is 0.378 e. The molecule has 2 nitrogen and oxygen atoms in total. The van der Waals surface area contributed by atoms with E-state index in [1.807, 2.05) is 6.07 Å². The number of nitrogens with two attached hydrogens (primary N) is 1. The summed E-state index contributed by atoms with van der Waals surface area (Å²) in [5, 5.41) is 0. The molecule has 0 radical (unpaired) electrons. The molecule has 1 saturated heterocycles. The predicted octanol–water partition coefficient (Wildman–Crippen LogP) is 4.01. The van der Waals surface area contributed by atoms with E-state index in [1.165, 1.54) is 17.8 Å². The minimum atomic E-state index is -0.0274. The van der Waals surface area contributed by atoms with E-state index in [9.17, 15) is 0 Å². The SMILES string of the molecule is NC(CCC1CCCO1)c1cc(Cl)sc1Cl. The summed E-state index contributed by atoms with van der Waals surface area (Å²) in [4.78, 5) is 0. The highest BCUT2D eigenvalue weighted by Gasteiger charge is 2.19. The number of hydrogen-bond acceptors (Lipinski definition) is 3. The van der Waals surface area contributed by atoms with Gasteiger partial charge < -0.3 is 10.5 Å². The van der Waals surface area contributed by atoms with Gasteiger partial charge in [0.2, 0.25) is 0 Å². The molecule has 1 aliphatic heterocycles. The van der Waals surface area contributed by atoms with Crippen LogP contribution in [0.1, 0.15) is 37.3 Å². The van der Waals surface area contributed by atoms with E-state index in [2.05, 4.69) is 0 Å². The summed E-state index contributed by atoms with van der Waals surface area (Å²) in [5.41, 5.74) is 7.06. The van der Waals surface area contributed by atoms with E-state index in [0.29, 0.717) is 14.8 Å². The molecule has 0 aromatic carbocycles. The van der Waals surface area contributed by atoms with Gasteiger partial charge in [0.15, 0.2) is 0 Å². The van der Waals surface area contributed by atoms with Crippen LogP contribution in [0.3, 0.4) is 0 Å². The van der Waals surface area contributed by atoms with Crippen LogP contribution in [0.4, 0.5) is 0 Å². The van der Waals surface area contributed by atoms with Gasteiger partial charge in [0.25, 0.3) is 0 Å². The van der Waals surface area contributed by atoms with Gasteiger partial charge in [0.05, 0.1) is 14.8 Å². The average Bonchev–Trinajstić information content (AvgIpc) is 2.84. The van der Waals surface area contributed by atoms with Crippen molar-refractivity contribution in [1.29, 1.82) is 0 Å². The van der Waals surface area contributed by atoms with Crippen molar-refractivity contribution in [2.75, 3.05) is 6.61 Å². The van der Waals surface area contributed by atoms with Crippen molar-refractivity contribution in [2.24, 2.45) is 5.73 Å². The van der Waals surface area contributed by atoms with Crippen LogP contribution in [0.5, 0.6) is 0 Å². The lowest BCUT2D eigenvalue weighted by Crippen LogP contribution is -2.14. The number of ether oxygens (including phenoxy) is 1. The number of thiophene rings is 1. The lowest BCUT2D eigenvalue weighted by molar-refractivity contribution is 0.101. The first-order chi connectivity index (χ1) is 7.66. The molecule has 2 rings (SSSR count). The van der Waals surface area contributed by atoms with E-state index in [1.54, 1.807) is 0 Å². The highest BCUT2D eigenvalue weighted by molar-refractivity contribution is 7.20. The molecule has 0 aliphatic carbocycles. The smallest absolute Gasteiger partial charge is 0.0991 e. The van der Waals surface area contributed by atoms with Gasteiger partial charge in [-0.05, 0) is 37.3 Å². The van der Waals surface area contributed by atoms with Gasteiger partial charge in [-0.15, -0.1) is 11.3 Å². The van der Waals surface area contributed by atoms with Crippen molar-refractivity contribution >= 4 is 34.5 Å². The topological polar surface area (TPSA) is 35.2 Å². The highest BCUT2D eigenvalue weighted by atomic mass is 35.5. The van der Waals surface area contributed by atoms with Gasteiger partial charge in [-0.1, -0.05) is 23.2 Å². The van der Waals surface area contributed by atoms with E-state index in [0.717, 1.165) is 31.4 Å². The number of hydrogen-bond donors (Lipinski definition) is 1. The number of halogens is 2. The Morgan fingerprint density at radius 2 is 2.38 bits per heavy atom. The summed E-state index contributed by atoms with van der Waals surface area (Å²) in [6.45, 7) is 0.894. The van der Waals surface area contributed by atoms with Crippen molar-refractivity contribution in [3.05, 3.63) is 20.3 Å². The lowest BCUT2D eigenvalue weighted by Gasteiger charge is -2.14. The summed E-state index contributed by atoms with van der Waals surface area (Å²) in [6.07, 6.45) is 4.62. The minimum Gasteiger partial charge on any atom is -0.378 e. The van der Waals surface area contributed by atoms with Crippen LogP contribution in [0.15, 0.2) is 6.07 Å². The Morgan fingerprint density at radius 1 is 1.56 bits per heavy atom. The van der Waals surface area contributed by atoms with E-state index < -0.39 is 0 Å². The third kappa shape index (κ3) is 3.11. The molecule has 2 heterocycles. The lowest BCUT2D eigenvalue weighted by atomic mass is 10.0. The zero-order valence-electron chi connectivity index (χ0n) is 8.92. The minimum absolute atomic E-state index is 0.0274. The van der Waals surface area contributed by atoms with Crippen molar-refractivity contribution in [1.82, 2.24) is 0 Å². The van der Waals surface area contributed by atoms with Crippen molar-refractivity contribution in [3.63, 3.8) is 0 Å². The molecule has 1 aromatic rings. The van der Waals surface area contributed by atoms with E-state index in [-0.39, 0.29) is 6.04 Å². The van der Waals surface area contributed by atoms with Gasteiger partial charge >= 0.3 is 0 Å². The molecule has 5 heteroatoms. The molecule has 16 heavy (non-hydrogen) atoms. The fourth-order valence-electron chi connectivity index (χ4n) is 2.00. The maximum atomic E-state index is 6.10. The van der Waals surface area contributed by atoms with Crippen molar-refractivity contribution in [3.8, 4) is 0 Å². The summed E-state index contributed by atoms with van der Waals surface area (Å²) in [5.74, 6) is 0. The summed E-state index contributed by atoms with van der Waals surface area (Å²) in [7, 11) is 0. The van der Waals surface area contributed by atoms with Crippen LogP contribution in [0.25, 0.3) is 0 Å². The van der Waals surface area contributed by atoms with Gasteiger partial charge in [-0.3, -0.25) is 0 Å². The first-order valence-corrected chi connectivity index (χ1v) is 7.06. The standard InChI is InChI=1S/C11H15Cl2NOS/c12-10-6-8(11(13)16-10)9(14)4-3-7-2-1-5-15-7/h6-7,9H,1-5,14H2. The number of rotatable bonds is 4. The normalized spacial score (nSPS) is 22.6. The molecule has 0 amide bonds. The van der Waals surface area contributed by atoms with E-state index in [4.69, 9.17) is 33.7 Å². The molecule has 2 atom stereocenters. The fourth-order valence-corrected chi connectivity index (χ4v) is 3.60. The summed E-state index contributed by atoms with van der Waals surface area (Å²) < 4.78 is 6.98. The van der Waals surface area contributed by atoms with Crippen LogP contribution in [0.2, 0.25) is 8.67 Å². The second-order valence-corrected chi connectivity index (χ2v) is 6.38. The Labute approximate surface area is 110 Å². The van der Waals surface area contributed by atoms with Crippen LogP contribution in [-0.2, 0) is 4.74 Å². The quantitative estimate of drug-likeness (QED) is 0.904. The van der Waals surface area contributed by atoms with Crippen LogP contribution in [-0.4, -0.2) is 12.7 Å². The molecular formula is C11H15Cl2NOS. The molecule has 2 N–H and O–H groups in total. The Bertz CT molecular complexity index is 350. The molecule has 1 fully saturated rings. The molecule has 1 aromatic heterocycles. The first kappa shape index (κ1) is 12.7. The third-order valence-corrected chi connectivity index (χ3v) is 4.42. The maximum Gasteiger partial charge on any atom is 0.0991 e. The third-order valence-electron chi connectivity index (χ3n) is 2.91. The van der Waals surface area contributed by atoms with Crippen LogP contribution in [0, 0.1) is 0 Å². The van der Waals surface area contributed by atoms with Gasteiger partial charge in [-0.2, -0.15) is 0 Å². The Hall–Kier alpha value is 0.200. The van der Waals surface area contributed by atoms with Gasteiger partial charge in [0, 0.05) is 12.6 Å². The summed E-state index contributed by atoms with van der Waals surface area (Å²) in [6, 6.07) is 1.84. The van der Waals surface area contributed by atoms with Gasteiger partial charge in [0.1, 0.15) is 0 Å². The maximum absolute atomic E-state index is 6.10. The second-order valence-electron chi connectivity index (χ2n) is 4.10. The molecule has 90 valence electrons. The first-order valence-electron chi connectivity index (χ1n) is 5.48. The molecule has 2 unspecified atom stereocenters. The summed E-state index contributed by atoms with van der Waals surface area (Å²) >= 11 is 13.3. The average molecular weight is 280 g/mol. The second kappa shape index (κ2) is 5.69. The zero-order valence-corrected chi connectivity index (χ0v) is 11.2. The fraction of sp³-hybridized carbons (Fsp3) is 0.636. The Balaban J connectivity index is 1.87. The highest BCUT2D eigenvalue weighted by Crippen LogP contribution is 2.36. The molecule has 0 saturated carbocycles. The molecule has 1 aliphatic rings. The van der Waals surface area contributed by atoms with Crippen LogP contribution < -0.4 is 5.73 Å². The van der Waals surface area contributed by atoms with Crippen LogP contribution >= 0.6 is 34.5 Å². The zero-order chi connectivity index (χ0) is 11.5.